The van der Waals surface area contributed by atoms with Gasteiger partial charge in [0.05, 0.1) is 0 Å². The molecule has 0 aromatic carbocycles. The van der Waals surface area contributed by atoms with Crippen LogP contribution in [0, 0.1) is 5.92 Å². The van der Waals surface area contributed by atoms with Crippen LogP contribution in [-0.2, 0) is 4.79 Å². The first kappa shape index (κ1) is 13.4. The van der Waals surface area contributed by atoms with Gasteiger partial charge in [0.15, 0.2) is 0 Å². The maximum absolute atomic E-state index is 12.4. The summed E-state index contributed by atoms with van der Waals surface area (Å²) in [6.07, 6.45) is 7.14. The van der Waals surface area contributed by atoms with Gasteiger partial charge in [-0.25, -0.2) is 0 Å². The fourth-order valence-corrected chi connectivity index (χ4v) is 3.93. The summed E-state index contributed by atoms with van der Waals surface area (Å²) >= 11 is 0. The number of rotatable bonds is 2. The molecule has 0 bridgehead atoms. The number of likely N-dealkylation sites (tertiary alicyclic amines) is 1. The Hall–Kier alpha value is -0.610. The predicted octanol–water partition coefficient (Wildman–Crippen LogP) is 1.07. The zero-order valence-corrected chi connectivity index (χ0v) is 11.9. The summed E-state index contributed by atoms with van der Waals surface area (Å²) in [6, 6.07) is 0.717. The number of nitrogens with one attached hydrogen (secondary N) is 1. The normalized spacial score (nSPS) is 27.9. The highest BCUT2D eigenvalue weighted by Crippen LogP contribution is 2.28. The third kappa shape index (κ3) is 3.11. The maximum Gasteiger partial charge on any atom is 0.225 e. The Labute approximate surface area is 116 Å². The number of amides is 1. The smallest absolute Gasteiger partial charge is 0.225 e. The Morgan fingerprint density at radius 1 is 0.895 bits per heavy atom. The molecule has 4 nitrogen and oxygen atoms in total. The molecule has 19 heavy (non-hydrogen) atoms. The molecule has 3 fully saturated rings. The van der Waals surface area contributed by atoms with Crippen LogP contribution in [0.2, 0.25) is 0 Å². The molecule has 1 N–H and O–H groups in total. The van der Waals surface area contributed by atoms with Crippen LogP contribution in [0.5, 0.6) is 0 Å². The third-order valence-corrected chi connectivity index (χ3v) is 5.15. The number of nitrogens with zero attached hydrogens (tertiary/aromatic N) is 2. The monoisotopic (exact) mass is 265 g/mol. The average Bonchev–Trinajstić information content (AvgIpc) is 3.02. The first-order valence-corrected chi connectivity index (χ1v) is 8.08. The van der Waals surface area contributed by atoms with Crippen molar-refractivity contribution in [1.82, 2.24) is 15.1 Å². The van der Waals surface area contributed by atoms with E-state index in [-0.39, 0.29) is 0 Å². The van der Waals surface area contributed by atoms with Crippen molar-refractivity contribution in [3.8, 4) is 0 Å². The topological polar surface area (TPSA) is 35.6 Å². The first-order chi connectivity index (χ1) is 9.34. The van der Waals surface area contributed by atoms with Crippen molar-refractivity contribution >= 4 is 5.91 Å². The number of carbonyl (C=O) groups is 1. The van der Waals surface area contributed by atoms with Crippen LogP contribution in [0.25, 0.3) is 0 Å². The molecule has 2 heterocycles. The van der Waals surface area contributed by atoms with E-state index in [1.54, 1.807) is 0 Å². The van der Waals surface area contributed by atoms with Gasteiger partial charge in [-0.2, -0.15) is 0 Å². The molecule has 0 aromatic rings. The van der Waals surface area contributed by atoms with E-state index in [0.717, 1.165) is 45.1 Å². The van der Waals surface area contributed by atoms with E-state index in [1.807, 2.05) is 0 Å². The minimum Gasteiger partial charge on any atom is -0.342 e. The van der Waals surface area contributed by atoms with Gasteiger partial charge < -0.3 is 10.2 Å². The van der Waals surface area contributed by atoms with Crippen LogP contribution in [0.3, 0.4) is 0 Å². The van der Waals surface area contributed by atoms with Crippen molar-refractivity contribution in [2.24, 2.45) is 5.92 Å². The molecular weight excluding hydrogens is 238 g/mol. The lowest BCUT2D eigenvalue weighted by Crippen LogP contribution is -2.53. The summed E-state index contributed by atoms with van der Waals surface area (Å²) in [4.78, 5) is 17.2. The Morgan fingerprint density at radius 3 is 2.16 bits per heavy atom. The lowest BCUT2D eigenvalue weighted by atomic mass is 9.99. The molecule has 2 aliphatic heterocycles. The number of piperazine rings is 1. The summed E-state index contributed by atoms with van der Waals surface area (Å²) in [6.45, 7) is 6.60. The van der Waals surface area contributed by atoms with Gasteiger partial charge in [0.2, 0.25) is 5.91 Å². The summed E-state index contributed by atoms with van der Waals surface area (Å²) < 4.78 is 0. The Balaban J connectivity index is 1.47. The van der Waals surface area contributed by atoms with E-state index in [4.69, 9.17) is 0 Å². The lowest BCUT2D eigenvalue weighted by molar-refractivity contribution is -0.137. The molecule has 0 atom stereocenters. The Kier molecular flexibility index (Phi) is 4.38. The molecule has 1 saturated carbocycles. The van der Waals surface area contributed by atoms with Crippen molar-refractivity contribution in [2.75, 3.05) is 39.3 Å². The van der Waals surface area contributed by atoms with Crippen LogP contribution < -0.4 is 5.32 Å². The van der Waals surface area contributed by atoms with Gasteiger partial charge in [0, 0.05) is 51.2 Å². The molecule has 1 aliphatic carbocycles. The van der Waals surface area contributed by atoms with Gasteiger partial charge in [0.1, 0.15) is 0 Å². The van der Waals surface area contributed by atoms with Crippen LogP contribution in [-0.4, -0.2) is 61.0 Å². The van der Waals surface area contributed by atoms with Crippen molar-refractivity contribution in [2.45, 2.75) is 44.6 Å². The highest BCUT2D eigenvalue weighted by molar-refractivity contribution is 5.79. The van der Waals surface area contributed by atoms with Crippen LogP contribution in [0.1, 0.15) is 38.5 Å². The van der Waals surface area contributed by atoms with E-state index >= 15 is 0 Å². The largest absolute Gasteiger partial charge is 0.342 e. The van der Waals surface area contributed by atoms with Gasteiger partial charge in [-0.15, -0.1) is 0 Å². The summed E-state index contributed by atoms with van der Waals surface area (Å²) in [5.41, 5.74) is 0. The summed E-state index contributed by atoms with van der Waals surface area (Å²) in [5, 5.41) is 3.41. The van der Waals surface area contributed by atoms with Crippen molar-refractivity contribution in [3.63, 3.8) is 0 Å². The van der Waals surface area contributed by atoms with Crippen LogP contribution in [0.4, 0.5) is 0 Å². The lowest BCUT2D eigenvalue weighted by Gasteiger charge is -2.40. The van der Waals surface area contributed by atoms with Gasteiger partial charge >= 0.3 is 0 Å². The fourth-order valence-electron chi connectivity index (χ4n) is 3.93. The molecule has 0 radical (unpaired) electrons. The summed E-state index contributed by atoms with van der Waals surface area (Å²) in [7, 11) is 0. The second kappa shape index (κ2) is 6.23. The number of piperidine rings is 1. The van der Waals surface area contributed by atoms with Gasteiger partial charge in [-0.1, -0.05) is 12.8 Å². The fraction of sp³-hybridized carbons (Fsp3) is 0.933. The number of hydrogen-bond acceptors (Lipinski definition) is 3. The highest BCUT2D eigenvalue weighted by Gasteiger charge is 2.31. The first-order valence-electron chi connectivity index (χ1n) is 8.08. The minimum atomic E-state index is 0.357. The molecule has 0 unspecified atom stereocenters. The molecule has 3 aliphatic rings. The zero-order chi connectivity index (χ0) is 13.1. The molecule has 0 spiro atoms. The van der Waals surface area contributed by atoms with Gasteiger partial charge in [0.25, 0.3) is 0 Å². The van der Waals surface area contributed by atoms with E-state index < -0.39 is 0 Å². The number of hydrogen-bond donors (Lipinski definition) is 1. The summed E-state index contributed by atoms with van der Waals surface area (Å²) in [5.74, 6) is 0.812. The van der Waals surface area contributed by atoms with E-state index in [1.165, 1.54) is 38.8 Å². The highest BCUT2D eigenvalue weighted by atomic mass is 16.2. The number of carbonyl (C=O) groups excluding carboxylic acids is 1. The SMILES string of the molecule is O=C(C1CCCC1)N1CCC(N2CCNCC2)CC1. The van der Waals surface area contributed by atoms with E-state index in [2.05, 4.69) is 15.1 Å². The molecule has 0 aromatic heterocycles. The Bertz CT molecular complexity index is 301. The second-order valence-electron chi connectivity index (χ2n) is 6.32. The second-order valence-corrected chi connectivity index (χ2v) is 6.32. The Morgan fingerprint density at radius 2 is 1.53 bits per heavy atom. The molecule has 1 amide bonds. The standard InChI is InChI=1S/C15H27N3O/c19-15(13-3-1-2-4-13)18-9-5-14(6-10-18)17-11-7-16-8-12-17/h13-14,16H,1-12H2. The molecule has 3 rings (SSSR count). The third-order valence-electron chi connectivity index (χ3n) is 5.15. The minimum absolute atomic E-state index is 0.357. The average molecular weight is 265 g/mol. The molecule has 2 saturated heterocycles. The van der Waals surface area contributed by atoms with Crippen LogP contribution in [0.15, 0.2) is 0 Å². The van der Waals surface area contributed by atoms with Gasteiger partial charge in [-0.3, -0.25) is 9.69 Å². The zero-order valence-electron chi connectivity index (χ0n) is 11.9. The molecule has 108 valence electrons. The van der Waals surface area contributed by atoms with Crippen molar-refractivity contribution in [3.05, 3.63) is 0 Å². The van der Waals surface area contributed by atoms with E-state index in [0.29, 0.717) is 11.8 Å². The maximum atomic E-state index is 12.4. The predicted molar refractivity (Wildman–Crippen MR) is 76.0 cm³/mol. The van der Waals surface area contributed by atoms with E-state index in [9.17, 15) is 4.79 Å². The van der Waals surface area contributed by atoms with Crippen molar-refractivity contribution < 1.29 is 4.79 Å². The molecule has 4 heteroatoms. The molecular formula is C15H27N3O. The van der Waals surface area contributed by atoms with Crippen molar-refractivity contribution in [1.29, 1.82) is 0 Å². The van der Waals surface area contributed by atoms with Gasteiger partial charge in [-0.05, 0) is 25.7 Å². The quantitative estimate of drug-likeness (QED) is 0.811. The van der Waals surface area contributed by atoms with Crippen LogP contribution >= 0.6 is 0 Å².